The van der Waals surface area contributed by atoms with Gasteiger partial charge in [-0.3, -0.25) is 9.78 Å². The predicted molar refractivity (Wildman–Crippen MR) is 121 cm³/mol. The third kappa shape index (κ3) is 3.37. The van der Waals surface area contributed by atoms with E-state index in [0.717, 1.165) is 52.6 Å². The van der Waals surface area contributed by atoms with Crippen LogP contribution < -0.4 is 11.1 Å². The minimum absolute atomic E-state index is 0.0121. The van der Waals surface area contributed by atoms with Gasteiger partial charge in [-0.1, -0.05) is 12.1 Å². The first-order valence-corrected chi connectivity index (χ1v) is 10.9. The molecular formula is C25H25N5O2. The number of carbonyl (C=O) groups excluding carboxylic acids is 1. The highest BCUT2D eigenvalue weighted by molar-refractivity contribution is 5.94. The van der Waals surface area contributed by atoms with Gasteiger partial charge < -0.3 is 16.2 Å². The summed E-state index contributed by atoms with van der Waals surface area (Å²) in [6.45, 7) is 3.87. The van der Waals surface area contributed by atoms with Crippen LogP contribution in [0.4, 0.5) is 5.82 Å². The molecule has 1 aromatic carbocycles. The van der Waals surface area contributed by atoms with Crippen LogP contribution in [-0.2, 0) is 16.8 Å². The van der Waals surface area contributed by atoms with Gasteiger partial charge in [-0.15, -0.1) is 0 Å². The standard InChI is InChI=1S/C25H25N5O2/c1-13-3-6-18-16(7-8-25(18,2)32)22(13)20-10-15-9-19(28-12-17(15)23(27)29-20)21(11-26)30-24(31)14-4-5-14/h3,6,9-10,12,14,21,32H,4-5,7-8H2,1-2H3,(H2,27,29)(H,30,31)/t21?,25-/m0/s1. The number of carbonyl (C=O) groups is 1. The molecular weight excluding hydrogens is 402 g/mol. The lowest BCUT2D eigenvalue weighted by Crippen LogP contribution is -2.29. The molecule has 162 valence electrons. The third-order valence-electron chi connectivity index (χ3n) is 6.65. The molecule has 0 bridgehead atoms. The number of amides is 1. The lowest BCUT2D eigenvalue weighted by molar-refractivity contribution is -0.122. The Bertz CT molecular complexity index is 1300. The summed E-state index contributed by atoms with van der Waals surface area (Å²) in [6, 6.07) is 9.07. The first-order valence-electron chi connectivity index (χ1n) is 10.9. The topological polar surface area (TPSA) is 125 Å². The van der Waals surface area contributed by atoms with Crippen molar-refractivity contribution in [3.63, 3.8) is 0 Å². The van der Waals surface area contributed by atoms with Crippen molar-refractivity contribution in [1.29, 1.82) is 5.26 Å². The number of rotatable bonds is 4. The second-order valence-electron chi connectivity index (χ2n) is 9.13. The third-order valence-corrected chi connectivity index (χ3v) is 6.65. The molecule has 1 unspecified atom stereocenters. The fourth-order valence-electron chi connectivity index (χ4n) is 4.64. The summed E-state index contributed by atoms with van der Waals surface area (Å²) in [7, 11) is 0. The van der Waals surface area contributed by atoms with Gasteiger partial charge in [0, 0.05) is 23.1 Å². The smallest absolute Gasteiger partial charge is 0.224 e. The quantitative estimate of drug-likeness (QED) is 0.586. The molecule has 2 aromatic heterocycles. The van der Waals surface area contributed by atoms with Crippen molar-refractivity contribution in [2.75, 3.05) is 5.73 Å². The zero-order valence-electron chi connectivity index (χ0n) is 18.1. The maximum absolute atomic E-state index is 12.2. The summed E-state index contributed by atoms with van der Waals surface area (Å²) in [5, 5.41) is 24.7. The van der Waals surface area contributed by atoms with E-state index in [9.17, 15) is 15.2 Å². The van der Waals surface area contributed by atoms with Gasteiger partial charge in [-0.2, -0.15) is 5.26 Å². The summed E-state index contributed by atoms with van der Waals surface area (Å²) in [5.74, 6) is 0.267. The van der Waals surface area contributed by atoms with Crippen LogP contribution in [-0.4, -0.2) is 21.0 Å². The number of pyridine rings is 2. The second kappa shape index (κ2) is 7.28. The number of fused-ring (bicyclic) bond motifs is 2. The molecule has 2 atom stereocenters. The lowest BCUT2D eigenvalue weighted by Gasteiger charge is -2.19. The summed E-state index contributed by atoms with van der Waals surface area (Å²) >= 11 is 0. The molecule has 1 fully saturated rings. The molecule has 2 aliphatic carbocycles. The largest absolute Gasteiger partial charge is 0.385 e. The highest BCUT2D eigenvalue weighted by atomic mass is 16.3. The van der Waals surface area contributed by atoms with E-state index in [4.69, 9.17) is 5.73 Å². The van der Waals surface area contributed by atoms with Crippen molar-refractivity contribution in [3.8, 4) is 17.3 Å². The van der Waals surface area contributed by atoms with Gasteiger partial charge in [-0.05, 0) is 73.7 Å². The monoisotopic (exact) mass is 427 g/mol. The van der Waals surface area contributed by atoms with Gasteiger partial charge in [0.2, 0.25) is 5.91 Å². The van der Waals surface area contributed by atoms with Crippen LogP contribution in [0.1, 0.15) is 54.6 Å². The van der Waals surface area contributed by atoms with Gasteiger partial charge in [0.15, 0.2) is 6.04 Å². The Labute approximate surface area is 186 Å². The number of aryl methyl sites for hydroxylation is 1. The number of hydrogen-bond donors (Lipinski definition) is 3. The van der Waals surface area contributed by atoms with E-state index in [1.807, 2.05) is 32.0 Å². The van der Waals surface area contributed by atoms with Gasteiger partial charge in [0.25, 0.3) is 0 Å². The number of aliphatic hydroxyl groups is 1. The summed E-state index contributed by atoms with van der Waals surface area (Å²) < 4.78 is 0. The van der Waals surface area contributed by atoms with Crippen LogP contribution in [0.3, 0.4) is 0 Å². The fraction of sp³-hybridized carbons (Fsp3) is 0.360. The van der Waals surface area contributed by atoms with Crippen molar-refractivity contribution in [2.45, 2.75) is 51.2 Å². The first-order chi connectivity index (χ1) is 15.3. The molecule has 0 aliphatic heterocycles. The van der Waals surface area contributed by atoms with E-state index in [2.05, 4.69) is 21.4 Å². The Balaban J connectivity index is 1.60. The number of anilines is 1. The summed E-state index contributed by atoms with van der Waals surface area (Å²) in [5.41, 5.74) is 10.7. The van der Waals surface area contributed by atoms with Crippen LogP contribution in [0, 0.1) is 24.2 Å². The van der Waals surface area contributed by atoms with E-state index in [1.54, 1.807) is 12.3 Å². The van der Waals surface area contributed by atoms with Crippen molar-refractivity contribution >= 4 is 22.5 Å². The van der Waals surface area contributed by atoms with Gasteiger partial charge in [-0.25, -0.2) is 4.98 Å². The minimum atomic E-state index is -0.850. The number of nitriles is 1. The SMILES string of the molecule is Cc1ccc2c(c1-c1cc3cc(C(C#N)NC(=O)C4CC4)ncc3c(N)n1)CC[C@]2(C)O. The first kappa shape index (κ1) is 20.4. The highest BCUT2D eigenvalue weighted by Crippen LogP contribution is 2.43. The molecule has 2 heterocycles. The van der Waals surface area contributed by atoms with Gasteiger partial charge in [0.05, 0.1) is 23.1 Å². The van der Waals surface area contributed by atoms with Crippen molar-refractivity contribution in [3.05, 3.63) is 52.8 Å². The van der Waals surface area contributed by atoms with Crippen LogP contribution in [0.15, 0.2) is 30.5 Å². The second-order valence-corrected chi connectivity index (χ2v) is 9.13. The van der Waals surface area contributed by atoms with E-state index in [1.165, 1.54) is 0 Å². The zero-order chi connectivity index (χ0) is 22.6. The van der Waals surface area contributed by atoms with Crippen LogP contribution in [0.5, 0.6) is 0 Å². The predicted octanol–water partition coefficient (Wildman–Crippen LogP) is 3.43. The van der Waals surface area contributed by atoms with Crippen LogP contribution in [0.25, 0.3) is 22.0 Å². The molecule has 5 rings (SSSR count). The fourth-order valence-corrected chi connectivity index (χ4v) is 4.64. The Morgan fingerprint density at radius 1 is 1.38 bits per heavy atom. The van der Waals surface area contributed by atoms with E-state index < -0.39 is 11.6 Å². The molecule has 1 amide bonds. The summed E-state index contributed by atoms with van der Waals surface area (Å²) in [4.78, 5) is 21.2. The lowest BCUT2D eigenvalue weighted by atomic mass is 9.91. The van der Waals surface area contributed by atoms with E-state index >= 15 is 0 Å². The molecule has 1 saturated carbocycles. The van der Waals surface area contributed by atoms with E-state index in [-0.39, 0.29) is 11.8 Å². The Kier molecular flexibility index (Phi) is 4.64. The zero-order valence-corrected chi connectivity index (χ0v) is 18.1. The Hall–Kier alpha value is -3.50. The maximum atomic E-state index is 12.2. The average Bonchev–Trinajstić information content (AvgIpc) is 3.56. The van der Waals surface area contributed by atoms with Crippen molar-refractivity contribution < 1.29 is 9.90 Å². The summed E-state index contributed by atoms with van der Waals surface area (Å²) in [6.07, 6.45) is 4.78. The number of aromatic nitrogens is 2. The Morgan fingerprint density at radius 2 is 2.16 bits per heavy atom. The molecule has 32 heavy (non-hydrogen) atoms. The number of nitrogens with two attached hydrogens (primary N) is 1. The molecule has 0 spiro atoms. The minimum Gasteiger partial charge on any atom is -0.385 e. The molecule has 2 aliphatic rings. The van der Waals surface area contributed by atoms with E-state index in [0.29, 0.717) is 23.3 Å². The highest BCUT2D eigenvalue weighted by Gasteiger charge is 2.34. The van der Waals surface area contributed by atoms with Crippen molar-refractivity contribution in [2.24, 2.45) is 5.92 Å². The maximum Gasteiger partial charge on any atom is 0.224 e. The molecule has 3 aromatic rings. The Morgan fingerprint density at radius 3 is 2.88 bits per heavy atom. The number of nitrogen functional groups attached to an aromatic ring is 1. The van der Waals surface area contributed by atoms with Crippen LogP contribution >= 0.6 is 0 Å². The number of nitrogens with one attached hydrogen (secondary N) is 1. The molecule has 7 nitrogen and oxygen atoms in total. The number of benzene rings is 1. The van der Waals surface area contributed by atoms with Crippen LogP contribution in [0.2, 0.25) is 0 Å². The van der Waals surface area contributed by atoms with Gasteiger partial charge >= 0.3 is 0 Å². The molecule has 7 heteroatoms. The normalized spacial score (nSPS) is 20.6. The van der Waals surface area contributed by atoms with Gasteiger partial charge in [0.1, 0.15) is 5.82 Å². The molecule has 0 radical (unpaired) electrons. The number of nitrogens with zero attached hydrogens (tertiary/aromatic N) is 3. The molecule has 4 N–H and O–H groups in total. The average molecular weight is 428 g/mol. The molecule has 0 saturated heterocycles. The number of hydrogen-bond acceptors (Lipinski definition) is 6. The van der Waals surface area contributed by atoms with Crippen molar-refractivity contribution in [1.82, 2.24) is 15.3 Å².